The average molecular weight is 290 g/mol. The molecule has 0 saturated carbocycles. The second-order valence-corrected chi connectivity index (χ2v) is 5.92. The molecule has 0 bridgehead atoms. The second kappa shape index (κ2) is 7.81. The van der Waals surface area contributed by atoms with Crippen molar-refractivity contribution in [3.63, 3.8) is 0 Å². The lowest BCUT2D eigenvalue weighted by atomic mass is 10.0. The molecule has 0 unspecified atom stereocenters. The SMILES string of the molecule is CC(=O)N[C@@H](CC(C)C)C(=O)N(C)[C@H](C)c1ccccc1. The van der Waals surface area contributed by atoms with Crippen LogP contribution >= 0.6 is 0 Å². The van der Waals surface area contributed by atoms with Crippen molar-refractivity contribution in [2.24, 2.45) is 5.92 Å². The van der Waals surface area contributed by atoms with E-state index in [9.17, 15) is 9.59 Å². The maximum absolute atomic E-state index is 12.6. The summed E-state index contributed by atoms with van der Waals surface area (Å²) < 4.78 is 0. The fourth-order valence-electron chi connectivity index (χ4n) is 2.33. The Bertz CT molecular complexity index is 471. The Morgan fingerprint density at radius 1 is 1.14 bits per heavy atom. The normalized spacial score (nSPS) is 13.6. The van der Waals surface area contributed by atoms with E-state index in [1.54, 1.807) is 11.9 Å². The topological polar surface area (TPSA) is 49.4 Å². The molecule has 1 N–H and O–H groups in total. The van der Waals surface area contributed by atoms with Gasteiger partial charge in [-0.3, -0.25) is 9.59 Å². The molecule has 1 aromatic carbocycles. The largest absolute Gasteiger partial charge is 0.345 e. The van der Waals surface area contributed by atoms with Crippen LogP contribution in [-0.2, 0) is 9.59 Å². The Balaban J connectivity index is 2.84. The van der Waals surface area contributed by atoms with Gasteiger partial charge in [-0.2, -0.15) is 0 Å². The number of carbonyl (C=O) groups is 2. The van der Waals surface area contributed by atoms with E-state index in [1.807, 2.05) is 51.1 Å². The third kappa shape index (κ3) is 5.21. The number of amides is 2. The lowest BCUT2D eigenvalue weighted by Crippen LogP contribution is -2.48. The van der Waals surface area contributed by atoms with Crippen LogP contribution in [0.4, 0.5) is 0 Å². The molecule has 2 atom stereocenters. The maximum atomic E-state index is 12.6. The summed E-state index contributed by atoms with van der Waals surface area (Å²) in [5.74, 6) is 0.122. The number of hydrogen-bond donors (Lipinski definition) is 1. The van der Waals surface area contributed by atoms with Crippen LogP contribution < -0.4 is 5.32 Å². The zero-order valence-electron chi connectivity index (χ0n) is 13.6. The summed E-state index contributed by atoms with van der Waals surface area (Å²) in [6.45, 7) is 7.53. The molecule has 0 heterocycles. The Hall–Kier alpha value is -1.84. The maximum Gasteiger partial charge on any atom is 0.245 e. The van der Waals surface area contributed by atoms with Gasteiger partial charge in [-0.15, -0.1) is 0 Å². The molecule has 1 aromatic rings. The number of carbonyl (C=O) groups excluding carboxylic acids is 2. The van der Waals surface area contributed by atoms with Crippen molar-refractivity contribution < 1.29 is 9.59 Å². The molecular formula is C17H26N2O2. The number of nitrogens with one attached hydrogen (secondary N) is 1. The highest BCUT2D eigenvalue weighted by atomic mass is 16.2. The van der Waals surface area contributed by atoms with Gasteiger partial charge in [0.25, 0.3) is 0 Å². The predicted molar refractivity (Wildman–Crippen MR) is 84.7 cm³/mol. The van der Waals surface area contributed by atoms with Gasteiger partial charge in [-0.25, -0.2) is 0 Å². The van der Waals surface area contributed by atoms with Gasteiger partial charge in [0.05, 0.1) is 6.04 Å². The fraction of sp³-hybridized carbons (Fsp3) is 0.529. The second-order valence-electron chi connectivity index (χ2n) is 5.92. The highest BCUT2D eigenvalue weighted by molar-refractivity contribution is 5.87. The molecule has 0 radical (unpaired) electrons. The predicted octanol–water partition coefficient (Wildman–Crippen LogP) is 2.76. The highest BCUT2D eigenvalue weighted by Gasteiger charge is 2.26. The van der Waals surface area contributed by atoms with Gasteiger partial charge in [0.2, 0.25) is 11.8 Å². The zero-order chi connectivity index (χ0) is 16.0. The van der Waals surface area contributed by atoms with E-state index in [0.717, 1.165) is 5.56 Å². The first kappa shape index (κ1) is 17.2. The standard InChI is InChI=1S/C17H26N2O2/c1-12(2)11-16(18-14(4)20)17(21)19(5)13(3)15-9-7-6-8-10-15/h6-10,12-13,16H,11H2,1-5H3,(H,18,20)/t13-,16+/m1/s1. The van der Waals surface area contributed by atoms with Crippen LogP contribution in [0.25, 0.3) is 0 Å². The lowest BCUT2D eigenvalue weighted by molar-refractivity contribution is -0.137. The molecule has 0 aliphatic rings. The minimum atomic E-state index is -0.460. The van der Waals surface area contributed by atoms with E-state index < -0.39 is 6.04 Å². The van der Waals surface area contributed by atoms with Crippen LogP contribution in [0, 0.1) is 5.92 Å². The third-order valence-electron chi connectivity index (χ3n) is 3.59. The summed E-state index contributed by atoms with van der Waals surface area (Å²) in [6, 6.07) is 9.40. The Morgan fingerprint density at radius 2 is 1.71 bits per heavy atom. The van der Waals surface area contributed by atoms with Crippen LogP contribution in [0.15, 0.2) is 30.3 Å². The van der Waals surface area contributed by atoms with Crippen molar-refractivity contribution >= 4 is 11.8 Å². The van der Waals surface area contributed by atoms with Gasteiger partial charge < -0.3 is 10.2 Å². The van der Waals surface area contributed by atoms with Crippen molar-refractivity contribution in [1.29, 1.82) is 0 Å². The van der Waals surface area contributed by atoms with E-state index in [4.69, 9.17) is 0 Å². The van der Waals surface area contributed by atoms with E-state index in [2.05, 4.69) is 5.32 Å². The molecule has 2 amide bonds. The van der Waals surface area contributed by atoms with Gasteiger partial charge >= 0.3 is 0 Å². The van der Waals surface area contributed by atoms with Crippen LogP contribution in [0.3, 0.4) is 0 Å². The summed E-state index contributed by atoms with van der Waals surface area (Å²) in [4.78, 5) is 25.7. The molecular weight excluding hydrogens is 264 g/mol. The van der Waals surface area contributed by atoms with Gasteiger partial charge in [0, 0.05) is 14.0 Å². The summed E-state index contributed by atoms with van der Waals surface area (Å²) >= 11 is 0. The van der Waals surface area contributed by atoms with Crippen LogP contribution in [0.5, 0.6) is 0 Å². The average Bonchev–Trinajstić information content (AvgIpc) is 2.44. The first-order valence-corrected chi connectivity index (χ1v) is 7.41. The molecule has 21 heavy (non-hydrogen) atoms. The number of hydrogen-bond acceptors (Lipinski definition) is 2. The van der Waals surface area contributed by atoms with Gasteiger partial charge in [-0.05, 0) is 24.8 Å². The number of nitrogens with zero attached hydrogens (tertiary/aromatic N) is 1. The molecule has 4 heteroatoms. The van der Waals surface area contributed by atoms with Crippen LogP contribution in [0.1, 0.15) is 45.7 Å². The minimum Gasteiger partial charge on any atom is -0.345 e. The van der Waals surface area contributed by atoms with Crippen LogP contribution in [-0.4, -0.2) is 29.8 Å². The Labute approximate surface area is 127 Å². The van der Waals surface area contributed by atoms with Crippen molar-refractivity contribution in [1.82, 2.24) is 10.2 Å². The van der Waals surface area contributed by atoms with E-state index >= 15 is 0 Å². The Morgan fingerprint density at radius 3 is 2.19 bits per heavy atom. The lowest BCUT2D eigenvalue weighted by Gasteiger charge is -2.30. The molecule has 0 saturated heterocycles. The molecule has 0 fully saturated rings. The van der Waals surface area contributed by atoms with Gasteiger partial charge in [0.15, 0.2) is 0 Å². The first-order valence-electron chi connectivity index (χ1n) is 7.41. The summed E-state index contributed by atoms with van der Waals surface area (Å²) in [6.07, 6.45) is 0.643. The summed E-state index contributed by atoms with van der Waals surface area (Å²) in [7, 11) is 1.79. The minimum absolute atomic E-state index is 0.0258. The molecule has 0 aliphatic carbocycles. The van der Waals surface area contributed by atoms with Crippen molar-refractivity contribution in [2.45, 2.75) is 46.2 Å². The molecule has 116 valence electrons. The molecule has 1 rings (SSSR count). The molecule has 0 aliphatic heterocycles. The molecule has 0 spiro atoms. The van der Waals surface area contributed by atoms with Crippen molar-refractivity contribution in [3.05, 3.63) is 35.9 Å². The van der Waals surface area contributed by atoms with E-state index in [0.29, 0.717) is 12.3 Å². The van der Waals surface area contributed by atoms with Crippen LogP contribution in [0.2, 0.25) is 0 Å². The third-order valence-corrected chi connectivity index (χ3v) is 3.59. The van der Waals surface area contributed by atoms with Crippen molar-refractivity contribution in [3.8, 4) is 0 Å². The quantitative estimate of drug-likeness (QED) is 0.876. The first-order chi connectivity index (χ1) is 9.82. The van der Waals surface area contributed by atoms with Gasteiger partial charge in [0.1, 0.15) is 6.04 Å². The van der Waals surface area contributed by atoms with Gasteiger partial charge in [-0.1, -0.05) is 44.2 Å². The number of likely N-dealkylation sites (N-methyl/N-ethyl adjacent to an activating group) is 1. The number of rotatable bonds is 6. The van der Waals surface area contributed by atoms with Crippen molar-refractivity contribution in [2.75, 3.05) is 7.05 Å². The summed E-state index contributed by atoms with van der Waals surface area (Å²) in [5.41, 5.74) is 1.08. The molecule has 0 aromatic heterocycles. The highest BCUT2D eigenvalue weighted by Crippen LogP contribution is 2.20. The molecule has 4 nitrogen and oxygen atoms in total. The zero-order valence-corrected chi connectivity index (χ0v) is 13.6. The fourth-order valence-corrected chi connectivity index (χ4v) is 2.33. The van der Waals surface area contributed by atoms with E-state index in [-0.39, 0.29) is 17.9 Å². The summed E-state index contributed by atoms with van der Waals surface area (Å²) in [5, 5.41) is 2.77. The number of benzene rings is 1. The Kier molecular flexibility index (Phi) is 6.40. The monoisotopic (exact) mass is 290 g/mol. The smallest absolute Gasteiger partial charge is 0.245 e. The van der Waals surface area contributed by atoms with E-state index in [1.165, 1.54) is 6.92 Å².